The largest absolute Gasteiger partial charge is 0.435 e. The highest BCUT2D eigenvalue weighted by Crippen LogP contribution is 2.30. The molecular formula is C14H15F3N2. The van der Waals surface area contributed by atoms with E-state index >= 15 is 0 Å². The van der Waals surface area contributed by atoms with E-state index in [1.807, 2.05) is 39.0 Å². The van der Waals surface area contributed by atoms with E-state index in [2.05, 4.69) is 5.10 Å². The SMILES string of the molecule is CCc1cc(C(F)(F)F)nn1-c1c(C)cccc1C. The van der Waals surface area contributed by atoms with Gasteiger partial charge >= 0.3 is 6.18 Å². The topological polar surface area (TPSA) is 17.8 Å². The first-order valence-corrected chi connectivity index (χ1v) is 6.07. The maximum Gasteiger partial charge on any atom is 0.435 e. The Balaban J connectivity index is 2.65. The molecule has 5 heteroatoms. The molecule has 0 bridgehead atoms. The number of benzene rings is 1. The van der Waals surface area contributed by atoms with Crippen LogP contribution in [0.15, 0.2) is 24.3 Å². The number of para-hydroxylation sites is 1. The van der Waals surface area contributed by atoms with Crippen molar-refractivity contribution in [3.63, 3.8) is 0 Å². The third-order valence-corrected chi connectivity index (χ3v) is 3.09. The van der Waals surface area contributed by atoms with Gasteiger partial charge in [-0.15, -0.1) is 0 Å². The van der Waals surface area contributed by atoms with Gasteiger partial charge in [0.15, 0.2) is 5.69 Å². The summed E-state index contributed by atoms with van der Waals surface area (Å²) in [7, 11) is 0. The standard InChI is InChI=1S/C14H15F3N2/c1-4-11-8-12(14(15,16)17)18-19(11)13-9(2)6-5-7-10(13)3/h5-8H,4H2,1-3H3. The molecule has 0 N–H and O–H groups in total. The summed E-state index contributed by atoms with van der Waals surface area (Å²) >= 11 is 0. The van der Waals surface area contributed by atoms with Crippen molar-refractivity contribution < 1.29 is 13.2 Å². The predicted octanol–water partition coefficient (Wildman–Crippen LogP) is 4.07. The summed E-state index contributed by atoms with van der Waals surface area (Å²) in [6.45, 7) is 5.56. The maximum absolute atomic E-state index is 12.8. The molecule has 0 aliphatic heterocycles. The van der Waals surface area contributed by atoms with E-state index in [1.165, 1.54) is 4.68 Å². The molecule has 2 nitrogen and oxygen atoms in total. The lowest BCUT2D eigenvalue weighted by atomic mass is 10.1. The summed E-state index contributed by atoms with van der Waals surface area (Å²) in [4.78, 5) is 0. The van der Waals surface area contributed by atoms with Crippen molar-refractivity contribution in [2.24, 2.45) is 0 Å². The van der Waals surface area contributed by atoms with Crippen LogP contribution in [0.3, 0.4) is 0 Å². The summed E-state index contributed by atoms with van der Waals surface area (Å²) in [5.41, 5.74) is 2.27. The zero-order valence-corrected chi connectivity index (χ0v) is 11.0. The fourth-order valence-corrected chi connectivity index (χ4v) is 2.14. The average Bonchev–Trinajstić information content (AvgIpc) is 2.72. The Bertz CT molecular complexity index is 577. The van der Waals surface area contributed by atoms with Gasteiger partial charge in [-0.2, -0.15) is 18.3 Å². The zero-order chi connectivity index (χ0) is 14.2. The van der Waals surface area contributed by atoms with Crippen LogP contribution in [0, 0.1) is 13.8 Å². The van der Waals surface area contributed by atoms with Crippen molar-refractivity contribution in [3.05, 3.63) is 46.8 Å². The fourth-order valence-electron chi connectivity index (χ4n) is 2.14. The van der Waals surface area contributed by atoms with Crippen LogP contribution in [0.5, 0.6) is 0 Å². The Morgan fingerprint density at radius 3 is 2.21 bits per heavy atom. The molecule has 0 aliphatic carbocycles. The molecule has 0 saturated carbocycles. The van der Waals surface area contributed by atoms with E-state index < -0.39 is 11.9 Å². The Morgan fingerprint density at radius 2 is 1.74 bits per heavy atom. The maximum atomic E-state index is 12.8. The molecule has 1 aromatic heterocycles. The minimum atomic E-state index is -4.41. The Labute approximate surface area is 109 Å². The van der Waals surface area contributed by atoms with Gasteiger partial charge in [-0.1, -0.05) is 25.1 Å². The van der Waals surface area contributed by atoms with Gasteiger partial charge in [0.25, 0.3) is 0 Å². The van der Waals surface area contributed by atoms with Gasteiger partial charge in [-0.25, -0.2) is 4.68 Å². The van der Waals surface area contributed by atoms with Crippen LogP contribution >= 0.6 is 0 Å². The van der Waals surface area contributed by atoms with E-state index in [-0.39, 0.29) is 0 Å². The molecule has 0 radical (unpaired) electrons. The van der Waals surface area contributed by atoms with Gasteiger partial charge in [0, 0.05) is 5.69 Å². The van der Waals surface area contributed by atoms with E-state index in [4.69, 9.17) is 0 Å². The van der Waals surface area contributed by atoms with Crippen molar-refractivity contribution in [3.8, 4) is 5.69 Å². The summed E-state index contributed by atoms with van der Waals surface area (Å²) in [6, 6.07) is 6.74. The fraction of sp³-hybridized carbons (Fsp3) is 0.357. The summed E-state index contributed by atoms with van der Waals surface area (Å²) in [5.74, 6) is 0. The predicted molar refractivity (Wildman–Crippen MR) is 67.4 cm³/mol. The molecule has 0 atom stereocenters. The molecule has 19 heavy (non-hydrogen) atoms. The first kappa shape index (κ1) is 13.6. The Kier molecular flexibility index (Phi) is 3.39. The summed E-state index contributed by atoms with van der Waals surface area (Å²) in [5, 5.41) is 3.74. The van der Waals surface area contributed by atoms with Gasteiger partial charge < -0.3 is 0 Å². The molecule has 102 valence electrons. The number of hydrogen-bond acceptors (Lipinski definition) is 1. The smallest absolute Gasteiger partial charge is 0.237 e. The van der Waals surface area contributed by atoms with Crippen LogP contribution in [0.4, 0.5) is 13.2 Å². The second kappa shape index (κ2) is 4.72. The second-order valence-corrected chi connectivity index (χ2v) is 4.52. The molecule has 2 rings (SSSR count). The second-order valence-electron chi connectivity index (χ2n) is 4.52. The van der Waals surface area contributed by atoms with Crippen molar-refractivity contribution >= 4 is 0 Å². The van der Waals surface area contributed by atoms with Gasteiger partial charge in [-0.3, -0.25) is 0 Å². The molecule has 2 aromatic rings. The summed E-state index contributed by atoms with van der Waals surface area (Å²) < 4.78 is 39.7. The molecule has 0 spiro atoms. The van der Waals surface area contributed by atoms with Gasteiger partial charge in [0.1, 0.15) is 0 Å². The lowest BCUT2D eigenvalue weighted by Gasteiger charge is -2.12. The number of aryl methyl sites for hydroxylation is 3. The number of nitrogens with zero attached hydrogens (tertiary/aromatic N) is 2. The molecule has 0 fully saturated rings. The first-order chi connectivity index (χ1) is 8.84. The van der Waals surface area contributed by atoms with Crippen LogP contribution < -0.4 is 0 Å². The number of rotatable bonds is 2. The van der Waals surface area contributed by atoms with Crippen LogP contribution in [0.2, 0.25) is 0 Å². The van der Waals surface area contributed by atoms with E-state index in [0.717, 1.165) is 22.9 Å². The molecular weight excluding hydrogens is 253 g/mol. The van der Waals surface area contributed by atoms with Gasteiger partial charge in [-0.05, 0) is 37.5 Å². The monoisotopic (exact) mass is 268 g/mol. The van der Waals surface area contributed by atoms with Crippen LogP contribution in [-0.2, 0) is 12.6 Å². The molecule has 0 aliphatic rings. The highest BCUT2D eigenvalue weighted by atomic mass is 19.4. The number of halogens is 3. The minimum Gasteiger partial charge on any atom is -0.237 e. The van der Waals surface area contributed by atoms with Crippen molar-refractivity contribution in [1.82, 2.24) is 9.78 Å². The lowest BCUT2D eigenvalue weighted by molar-refractivity contribution is -0.141. The number of aromatic nitrogens is 2. The van der Waals surface area contributed by atoms with Crippen molar-refractivity contribution in [2.45, 2.75) is 33.4 Å². The molecule has 0 saturated heterocycles. The Hall–Kier alpha value is -1.78. The Morgan fingerprint density at radius 1 is 1.16 bits per heavy atom. The third kappa shape index (κ3) is 2.50. The van der Waals surface area contributed by atoms with E-state index in [0.29, 0.717) is 12.1 Å². The lowest BCUT2D eigenvalue weighted by Crippen LogP contribution is -2.09. The first-order valence-electron chi connectivity index (χ1n) is 6.07. The molecule has 0 amide bonds. The quantitative estimate of drug-likeness (QED) is 0.802. The third-order valence-electron chi connectivity index (χ3n) is 3.09. The van der Waals surface area contributed by atoms with Crippen LogP contribution in [0.25, 0.3) is 5.69 Å². The summed E-state index contributed by atoms with van der Waals surface area (Å²) in [6.07, 6.45) is -3.91. The molecule has 1 aromatic carbocycles. The van der Waals surface area contributed by atoms with Crippen LogP contribution in [-0.4, -0.2) is 9.78 Å². The zero-order valence-electron chi connectivity index (χ0n) is 11.0. The molecule has 0 unspecified atom stereocenters. The number of hydrogen-bond donors (Lipinski definition) is 0. The van der Waals surface area contributed by atoms with Gasteiger partial charge in [0.05, 0.1) is 5.69 Å². The van der Waals surface area contributed by atoms with E-state index in [1.54, 1.807) is 0 Å². The highest BCUT2D eigenvalue weighted by molar-refractivity contribution is 5.47. The highest BCUT2D eigenvalue weighted by Gasteiger charge is 2.35. The van der Waals surface area contributed by atoms with E-state index in [9.17, 15) is 13.2 Å². The average molecular weight is 268 g/mol. The van der Waals surface area contributed by atoms with Crippen LogP contribution in [0.1, 0.15) is 29.4 Å². The van der Waals surface area contributed by atoms with Crippen molar-refractivity contribution in [1.29, 1.82) is 0 Å². The normalized spacial score (nSPS) is 11.9. The van der Waals surface area contributed by atoms with Gasteiger partial charge in [0.2, 0.25) is 0 Å². The minimum absolute atomic E-state index is 0.497. The molecule has 1 heterocycles. The number of alkyl halides is 3. The van der Waals surface area contributed by atoms with Crippen molar-refractivity contribution in [2.75, 3.05) is 0 Å².